The van der Waals surface area contributed by atoms with Crippen molar-refractivity contribution in [3.63, 3.8) is 0 Å². The molecular formula is C6H2ClF4NO3S. The first-order valence-electron chi connectivity index (χ1n) is 3.45. The summed E-state index contributed by atoms with van der Waals surface area (Å²) < 4.78 is 72.5. The van der Waals surface area contributed by atoms with Gasteiger partial charge in [0.15, 0.2) is 16.6 Å². The standard InChI is InChI=1S/C6H2ClF4NO3S/c7-16(13,14)5-1-3(8)4(2-12-5)15-6(9,10)11/h1-2H. The second kappa shape index (κ2) is 4.06. The number of hydrogen-bond acceptors (Lipinski definition) is 4. The molecule has 1 aromatic heterocycles. The van der Waals surface area contributed by atoms with Gasteiger partial charge in [-0.2, -0.15) is 0 Å². The molecule has 0 radical (unpaired) electrons. The summed E-state index contributed by atoms with van der Waals surface area (Å²) in [6, 6.07) is 0.226. The lowest BCUT2D eigenvalue weighted by molar-refractivity contribution is -0.275. The number of pyridine rings is 1. The summed E-state index contributed by atoms with van der Waals surface area (Å²) in [6.45, 7) is 0. The van der Waals surface area contributed by atoms with E-state index >= 15 is 0 Å². The van der Waals surface area contributed by atoms with Crippen molar-refractivity contribution in [1.29, 1.82) is 0 Å². The van der Waals surface area contributed by atoms with Gasteiger partial charge in [-0.3, -0.25) is 0 Å². The van der Waals surface area contributed by atoms with Crippen LogP contribution in [0.5, 0.6) is 5.75 Å². The predicted molar refractivity (Wildman–Crippen MR) is 43.9 cm³/mol. The Morgan fingerprint density at radius 1 is 1.38 bits per heavy atom. The van der Waals surface area contributed by atoms with Crippen LogP contribution in [0.1, 0.15) is 0 Å². The zero-order valence-corrected chi connectivity index (χ0v) is 8.70. The highest BCUT2D eigenvalue weighted by Gasteiger charge is 2.33. The van der Waals surface area contributed by atoms with E-state index in [0.29, 0.717) is 0 Å². The molecule has 0 aromatic carbocycles. The summed E-state index contributed by atoms with van der Waals surface area (Å²) >= 11 is 0. The number of hydrogen-bond donors (Lipinski definition) is 0. The van der Waals surface area contributed by atoms with E-state index in [2.05, 4.69) is 9.72 Å². The fourth-order valence-corrected chi connectivity index (χ4v) is 1.41. The van der Waals surface area contributed by atoms with Crippen molar-refractivity contribution >= 4 is 19.7 Å². The van der Waals surface area contributed by atoms with Crippen molar-refractivity contribution in [2.75, 3.05) is 0 Å². The zero-order valence-electron chi connectivity index (χ0n) is 7.12. The van der Waals surface area contributed by atoms with Gasteiger partial charge >= 0.3 is 6.36 Å². The first kappa shape index (κ1) is 13.0. The molecule has 4 nitrogen and oxygen atoms in total. The van der Waals surface area contributed by atoms with Gasteiger partial charge in [0.2, 0.25) is 0 Å². The van der Waals surface area contributed by atoms with Crippen LogP contribution in [0.3, 0.4) is 0 Å². The summed E-state index contributed by atoms with van der Waals surface area (Å²) in [7, 11) is 0.495. The molecule has 16 heavy (non-hydrogen) atoms. The van der Waals surface area contributed by atoms with Gasteiger partial charge < -0.3 is 4.74 Å². The molecule has 0 aliphatic carbocycles. The minimum atomic E-state index is -5.09. The second-order valence-electron chi connectivity index (χ2n) is 2.44. The van der Waals surface area contributed by atoms with E-state index in [1.807, 2.05) is 0 Å². The first-order chi connectivity index (χ1) is 7.09. The Morgan fingerprint density at radius 2 is 1.94 bits per heavy atom. The molecule has 0 saturated carbocycles. The highest BCUT2D eigenvalue weighted by atomic mass is 35.7. The molecular weight excluding hydrogens is 278 g/mol. The number of ether oxygens (including phenoxy) is 1. The second-order valence-corrected chi connectivity index (χ2v) is 4.95. The number of nitrogens with zero attached hydrogens (tertiary/aromatic N) is 1. The average molecular weight is 280 g/mol. The van der Waals surface area contributed by atoms with Crippen molar-refractivity contribution in [3.05, 3.63) is 18.1 Å². The fourth-order valence-electron chi connectivity index (χ4n) is 0.734. The third-order valence-corrected chi connectivity index (χ3v) is 2.47. The van der Waals surface area contributed by atoms with Crippen LogP contribution in [0.4, 0.5) is 17.6 Å². The molecule has 0 aliphatic heterocycles. The van der Waals surface area contributed by atoms with Gasteiger partial charge in [-0.05, 0) is 0 Å². The van der Waals surface area contributed by atoms with E-state index in [0.717, 1.165) is 0 Å². The van der Waals surface area contributed by atoms with Crippen LogP contribution in [0.15, 0.2) is 17.3 Å². The highest BCUT2D eigenvalue weighted by Crippen LogP contribution is 2.26. The Balaban J connectivity index is 3.11. The monoisotopic (exact) mass is 279 g/mol. The molecule has 1 heterocycles. The van der Waals surface area contributed by atoms with E-state index in [4.69, 9.17) is 10.7 Å². The number of aromatic nitrogens is 1. The third-order valence-electron chi connectivity index (χ3n) is 1.27. The summed E-state index contributed by atoms with van der Waals surface area (Å²) in [5.74, 6) is -2.77. The molecule has 90 valence electrons. The number of rotatable bonds is 2. The Kier molecular flexibility index (Phi) is 3.29. The van der Waals surface area contributed by atoms with Crippen LogP contribution in [-0.4, -0.2) is 19.8 Å². The number of alkyl halides is 3. The highest BCUT2D eigenvalue weighted by molar-refractivity contribution is 8.13. The molecule has 0 N–H and O–H groups in total. The Morgan fingerprint density at radius 3 is 2.31 bits per heavy atom. The van der Waals surface area contributed by atoms with Gasteiger partial charge in [0.05, 0.1) is 6.20 Å². The quantitative estimate of drug-likeness (QED) is 0.614. The number of halogens is 5. The minimum absolute atomic E-state index is 0.226. The van der Waals surface area contributed by atoms with Crippen molar-refractivity contribution in [2.24, 2.45) is 0 Å². The predicted octanol–water partition coefficient (Wildman–Crippen LogP) is 2.05. The lowest BCUT2D eigenvalue weighted by Gasteiger charge is -2.09. The van der Waals surface area contributed by atoms with Crippen LogP contribution >= 0.6 is 10.7 Å². The maximum atomic E-state index is 12.9. The van der Waals surface area contributed by atoms with Crippen molar-refractivity contribution in [1.82, 2.24) is 4.98 Å². The van der Waals surface area contributed by atoms with Crippen LogP contribution in [-0.2, 0) is 9.05 Å². The molecule has 0 atom stereocenters. The lowest BCUT2D eigenvalue weighted by Crippen LogP contribution is -2.18. The van der Waals surface area contributed by atoms with Gasteiger partial charge in [0.25, 0.3) is 9.05 Å². The topological polar surface area (TPSA) is 56.3 Å². The van der Waals surface area contributed by atoms with Gasteiger partial charge in [-0.1, -0.05) is 0 Å². The maximum Gasteiger partial charge on any atom is 0.573 e. The molecule has 0 saturated heterocycles. The molecule has 1 rings (SSSR count). The maximum absolute atomic E-state index is 12.9. The van der Waals surface area contributed by atoms with E-state index in [-0.39, 0.29) is 12.3 Å². The molecule has 0 bridgehead atoms. The van der Waals surface area contributed by atoms with Gasteiger partial charge in [-0.25, -0.2) is 17.8 Å². The molecule has 10 heteroatoms. The van der Waals surface area contributed by atoms with Gasteiger partial charge in [0.1, 0.15) is 0 Å². The largest absolute Gasteiger partial charge is 0.573 e. The molecule has 0 unspecified atom stereocenters. The average Bonchev–Trinajstić information content (AvgIpc) is 2.04. The van der Waals surface area contributed by atoms with Crippen molar-refractivity contribution in [2.45, 2.75) is 11.4 Å². The molecule has 0 fully saturated rings. The molecule has 1 aromatic rings. The summed E-state index contributed by atoms with van der Waals surface area (Å²) in [4.78, 5) is 3.01. The normalized spacial score (nSPS) is 12.6. The summed E-state index contributed by atoms with van der Waals surface area (Å²) in [6.07, 6.45) is -4.82. The van der Waals surface area contributed by atoms with E-state index in [1.54, 1.807) is 0 Å². The van der Waals surface area contributed by atoms with Gasteiger partial charge in [-0.15, -0.1) is 13.2 Å². The van der Waals surface area contributed by atoms with Crippen LogP contribution < -0.4 is 4.74 Å². The Labute approximate surface area is 91.2 Å². The first-order valence-corrected chi connectivity index (χ1v) is 5.76. The van der Waals surface area contributed by atoms with Crippen LogP contribution in [0, 0.1) is 5.82 Å². The molecule has 0 amide bonds. The van der Waals surface area contributed by atoms with Crippen LogP contribution in [0.25, 0.3) is 0 Å². The van der Waals surface area contributed by atoms with Crippen molar-refractivity contribution < 1.29 is 30.7 Å². The fraction of sp³-hybridized carbons (Fsp3) is 0.167. The van der Waals surface area contributed by atoms with Gasteiger partial charge in [0, 0.05) is 16.7 Å². The minimum Gasteiger partial charge on any atom is -0.401 e. The summed E-state index contributed by atoms with van der Waals surface area (Å²) in [5.41, 5.74) is 0. The smallest absolute Gasteiger partial charge is 0.401 e. The van der Waals surface area contributed by atoms with Crippen molar-refractivity contribution in [3.8, 4) is 5.75 Å². The zero-order chi connectivity index (χ0) is 12.6. The SMILES string of the molecule is O=S(=O)(Cl)c1cc(F)c(OC(F)(F)F)cn1. The van der Waals surface area contributed by atoms with Crippen LogP contribution in [0.2, 0.25) is 0 Å². The molecule has 0 spiro atoms. The summed E-state index contributed by atoms with van der Waals surface area (Å²) in [5, 5.41) is -0.902. The Hall–Kier alpha value is -1.09. The lowest BCUT2D eigenvalue weighted by atomic mass is 10.4. The van der Waals surface area contributed by atoms with E-state index in [1.165, 1.54) is 0 Å². The Bertz CT molecular complexity index is 501. The molecule has 0 aliphatic rings. The van der Waals surface area contributed by atoms with E-state index in [9.17, 15) is 26.0 Å². The van der Waals surface area contributed by atoms with E-state index < -0.39 is 32.0 Å². The third kappa shape index (κ3) is 3.49.